The van der Waals surface area contributed by atoms with Crippen LogP contribution in [0.3, 0.4) is 0 Å². The van der Waals surface area contributed by atoms with E-state index >= 15 is 0 Å². The Morgan fingerprint density at radius 1 is 1.35 bits per heavy atom. The van der Waals surface area contributed by atoms with E-state index in [1.807, 2.05) is 26.0 Å². The molecule has 1 aromatic rings. The van der Waals surface area contributed by atoms with E-state index in [1.54, 1.807) is 7.11 Å². The first-order chi connectivity index (χ1) is 8.15. The number of ether oxygens (including phenoxy) is 2. The quantitative estimate of drug-likeness (QED) is 0.551. The summed E-state index contributed by atoms with van der Waals surface area (Å²) in [5, 5.41) is 0. The maximum Gasteiger partial charge on any atom is 0.195 e. The van der Waals surface area contributed by atoms with E-state index in [-0.39, 0.29) is 5.78 Å². The van der Waals surface area contributed by atoms with Gasteiger partial charge in [0.25, 0.3) is 0 Å². The predicted octanol–water partition coefficient (Wildman–Crippen LogP) is 2.80. The molecule has 1 aliphatic heterocycles. The van der Waals surface area contributed by atoms with Gasteiger partial charge in [-0.3, -0.25) is 4.79 Å². The highest BCUT2D eigenvalue weighted by Gasteiger charge is 2.23. The molecular formula is C14H16O3. The predicted molar refractivity (Wildman–Crippen MR) is 65.5 cm³/mol. The molecule has 0 bridgehead atoms. The molecule has 1 aromatic carbocycles. The summed E-state index contributed by atoms with van der Waals surface area (Å²) in [5.74, 6) is 0.719. The van der Waals surface area contributed by atoms with Gasteiger partial charge in [-0.25, -0.2) is 0 Å². The topological polar surface area (TPSA) is 35.5 Å². The van der Waals surface area contributed by atoms with Crippen LogP contribution in [0.1, 0.15) is 27.9 Å². The van der Waals surface area contributed by atoms with Crippen molar-refractivity contribution in [3.63, 3.8) is 0 Å². The Morgan fingerprint density at radius 2 is 2.12 bits per heavy atom. The van der Waals surface area contributed by atoms with E-state index in [0.717, 1.165) is 16.9 Å². The van der Waals surface area contributed by atoms with Gasteiger partial charge in [0.05, 0.1) is 25.5 Å². The Morgan fingerprint density at radius 3 is 2.82 bits per heavy atom. The molecule has 3 nitrogen and oxygen atoms in total. The highest BCUT2D eigenvalue weighted by molar-refractivity contribution is 6.10. The van der Waals surface area contributed by atoms with Crippen molar-refractivity contribution >= 4 is 5.78 Å². The molecule has 0 unspecified atom stereocenters. The number of rotatable bonds is 1. The standard InChI is InChI=1S/C14H16O3/c1-9-4-5-12-13(15)11(8-16-3)6-7-17-14(12)10(9)2/h4-5,8H,6-7H2,1-3H3/b11-8-. The fourth-order valence-corrected chi connectivity index (χ4v) is 1.96. The monoisotopic (exact) mass is 232 g/mol. The van der Waals surface area contributed by atoms with Gasteiger partial charge in [-0.2, -0.15) is 0 Å². The van der Waals surface area contributed by atoms with Gasteiger partial charge < -0.3 is 9.47 Å². The van der Waals surface area contributed by atoms with E-state index in [2.05, 4.69) is 0 Å². The van der Waals surface area contributed by atoms with Gasteiger partial charge in [0.15, 0.2) is 5.78 Å². The van der Waals surface area contributed by atoms with Crippen LogP contribution in [-0.4, -0.2) is 19.5 Å². The molecule has 0 aliphatic carbocycles. The molecule has 0 amide bonds. The molecule has 3 heteroatoms. The SMILES string of the molecule is CO/C=C1/CCOc2c(ccc(C)c2C)C1=O. The Bertz CT molecular complexity index is 486. The van der Waals surface area contributed by atoms with Crippen molar-refractivity contribution < 1.29 is 14.3 Å². The zero-order valence-corrected chi connectivity index (χ0v) is 10.4. The highest BCUT2D eigenvalue weighted by Crippen LogP contribution is 2.31. The van der Waals surface area contributed by atoms with Crippen molar-refractivity contribution in [2.24, 2.45) is 0 Å². The van der Waals surface area contributed by atoms with Crippen molar-refractivity contribution in [2.45, 2.75) is 20.3 Å². The van der Waals surface area contributed by atoms with Crippen LogP contribution in [-0.2, 0) is 4.74 Å². The van der Waals surface area contributed by atoms with Crippen LogP contribution < -0.4 is 4.74 Å². The molecule has 90 valence electrons. The van der Waals surface area contributed by atoms with Gasteiger partial charge in [-0.1, -0.05) is 6.07 Å². The van der Waals surface area contributed by atoms with Crippen LogP contribution in [0.5, 0.6) is 5.75 Å². The first-order valence-electron chi connectivity index (χ1n) is 5.64. The number of methoxy groups -OCH3 is 1. The summed E-state index contributed by atoms with van der Waals surface area (Å²) >= 11 is 0. The molecule has 0 saturated carbocycles. The van der Waals surface area contributed by atoms with Gasteiger partial charge in [0.2, 0.25) is 0 Å². The van der Waals surface area contributed by atoms with Crippen molar-refractivity contribution in [3.05, 3.63) is 40.7 Å². The molecule has 0 atom stereocenters. The zero-order valence-electron chi connectivity index (χ0n) is 10.4. The molecule has 0 saturated heterocycles. The van der Waals surface area contributed by atoms with E-state index < -0.39 is 0 Å². The number of hydrogen-bond acceptors (Lipinski definition) is 3. The lowest BCUT2D eigenvalue weighted by molar-refractivity contribution is 0.102. The van der Waals surface area contributed by atoms with Gasteiger partial charge >= 0.3 is 0 Å². The minimum Gasteiger partial charge on any atom is -0.504 e. The van der Waals surface area contributed by atoms with Crippen molar-refractivity contribution in [1.82, 2.24) is 0 Å². The normalized spacial score (nSPS) is 17.4. The summed E-state index contributed by atoms with van der Waals surface area (Å²) in [5.41, 5.74) is 3.47. The molecule has 0 spiro atoms. The average Bonchev–Trinajstić information content (AvgIpc) is 2.46. The number of carbonyl (C=O) groups excluding carboxylic acids is 1. The first-order valence-corrected chi connectivity index (χ1v) is 5.64. The fourth-order valence-electron chi connectivity index (χ4n) is 1.96. The second kappa shape index (κ2) is 4.62. The number of benzene rings is 1. The second-order valence-corrected chi connectivity index (χ2v) is 4.19. The van der Waals surface area contributed by atoms with Gasteiger partial charge in [-0.15, -0.1) is 0 Å². The lowest BCUT2D eigenvalue weighted by Crippen LogP contribution is -2.03. The summed E-state index contributed by atoms with van der Waals surface area (Å²) in [7, 11) is 1.55. The van der Waals surface area contributed by atoms with Crippen LogP contribution in [0.4, 0.5) is 0 Å². The number of carbonyl (C=O) groups is 1. The summed E-state index contributed by atoms with van der Waals surface area (Å²) in [6.07, 6.45) is 2.09. The van der Waals surface area contributed by atoms with Crippen LogP contribution in [0.15, 0.2) is 24.0 Å². The van der Waals surface area contributed by atoms with Crippen molar-refractivity contribution in [3.8, 4) is 5.75 Å². The molecule has 2 rings (SSSR count). The zero-order chi connectivity index (χ0) is 12.4. The minimum absolute atomic E-state index is 0.00227. The first kappa shape index (κ1) is 11.7. The summed E-state index contributed by atoms with van der Waals surface area (Å²) in [4.78, 5) is 12.3. The van der Waals surface area contributed by atoms with Crippen LogP contribution >= 0.6 is 0 Å². The number of fused-ring (bicyclic) bond motifs is 1. The Kier molecular flexibility index (Phi) is 3.18. The molecular weight excluding hydrogens is 216 g/mol. The fraction of sp³-hybridized carbons (Fsp3) is 0.357. The molecule has 17 heavy (non-hydrogen) atoms. The largest absolute Gasteiger partial charge is 0.504 e. The van der Waals surface area contributed by atoms with E-state index in [1.165, 1.54) is 6.26 Å². The lowest BCUT2D eigenvalue weighted by atomic mass is 9.98. The highest BCUT2D eigenvalue weighted by atomic mass is 16.5. The summed E-state index contributed by atoms with van der Waals surface area (Å²) in [6.45, 7) is 4.50. The summed E-state index contributed by atoms with van der Waals surface area (Å²) in [6, 6.07) is 3.78. The molecule has 1 aliphatic rings. The van der Waals surface area contributed by atoms with Crippen LogP contribution in [0, 0.1) is 13.8 Å². The number of hydrogen-bond donors (Lipinski definition) is 0. The maximum atomic E-state index is 12.3. The van der Waals surface area contributed by atoms with Gasteiger partial charge in [0, 0.05) is 12.0 Å². The van der Waals surface area contributed by atoms with Crippen LogP contribution in [0.25, 0.3) is 0 Å². The number of aryl methyl sites for hydroxylation is 1. The maximum absolute atomic E-state index is 12.3. The number of Topliss-reactive ketones (excluding diaryl/α,β-unsaturated/α-hetero) is 1. The van der Waals surface area contributed by atoms with Crippen molar-refractivity contribution in [1.29, 1.82) is 0 Å². The Hall–Kier alpha value is -1.77. The van der Waals surface area contributed by atoms with Gasteiger partial charge in [0.1, 0.15) is 5.75 Å². The van der Waals surface area contributed by atoms with Gasteiger partial charge in [-0.05, 0) is 31.0 Å². The third kappa shape index (κ3) is 2.05. The molecule has 0 N–H and O–H groups in total. The molecule has 0 radical (unpaired) electrons. The Labute approximate surface area is 101 Å². The van der Waals surface area contributed by atoms with Crippen molar-refractivity contribution in [2.75, 3.05) is 13.7 Å². The third-order valence-electron chi connectivity index (χ3n) is 3.09. The molecule has 0 fully saturated rings. The second-order valence-electron chi connectivity index (χ2n) is 4.19. The van der Waals surface area contributed by atoms with E-state index in [4.69, 9.17) is 9.47 Å². The number of ketones is 1. The third-order valence-corrected chi connectivity index (χ3v) is 3.09. The lowest BCUT2D eigenvalue weighted by Gasteiger charge is -2.11. The Balaban J connectivity index is 2.54. The van der Waals surface area contributed by atoms with Crippen LogP contribution in [0.2, 0.25) is 0 Å². The van der Waals surface area contributed by atoms with E-state index in [9.17, 15) is 4.79 Å². The molecule has 0 aromatic heterocycles. The summed E-state index contributed by atoms with van der Waals surface area (Å²) < 4.78 is 10.6. The molecule has 1 heterocycles. The minimum atomic E-state index is 0.00227. The smallest absolute Gasteiger partial charge is 0.195 e. The van der Waals surface area contributed by atoms with E-state index in [0.29, 0.717) is 24.2 Å². The average molecular weight is 232 g/mol.